The quantitative estimate of drug-likeness (QED) is 0.744. The Morgan fingerprint density at radius 2 is 1.80 bits per heavy atom. The van der Waals surface area contributed by atoms with Gasteiger partial charge in [-0.25, -0.2) is 9.59 Å². The van der Waals surface area contributed by atoms with Crippen molar-refractivity contribution in [3.05, 3.63) is 58.6 Å². The standard InChI is InChI=1S/C17H15BrN2O5/c1-24-16(22)11-7-8-14(13(18)9-11)25-10-15(21)20-17(23)19-12-5-3-2-4-6-12/h2-9H,10H2,1H3,(H2,19,20,21,23). The molecule has 130 valence electrons. The van der Waals surface area contributed by atoms with Gasteiger partial charge in [0.1, 0.15) is 5.75 Å². The molecule has 0 aliphatic carbocycles. The highest BCUT2D eigenvalue weighted by atomic mass is 79.9. The number of carbonyl (C=O) groups excluding carboxylic acids is 3. The summed E-state index contributed by atoms with van der Waals surface area (Å²) in [5.41, 5.74) is 0.906. The Morgan fingerprint density at radius 1 is 1.08 bits per heavy atom. The van der Waals surface area contributed by atoms with Gasteiger partial charge in [0, 0.05) is 5.69 Å². The van der Waals surface area contributed by atoms with Crippen LogP contribution >= 0.6 is 15.9 Å². The summed E-state index contributed by atoms with van der Waals surface area (Å²) in [6.45, 7) is -0.363. The van der Waals surface area contributed by atoms with E-state index in [1.54, 1.807) is 24.3 Å². The zero-order valence-corrected chi connectivity index (χ0v) is 14.8. The van der Waals surface area contributed by atoms with Crippen LogP contribution in [-0.4, -0.2) is 31.6 Å². The van der Waals surface area contributed by atoms with Crippen LogP contribution in [0.2, 0.25) is 0 Å². The minimum atomic E-state index is -0.653. The average Bonchev–Trinajstić information content (AvgIpc) is 2.60. The fourth-order valence-electron chi connectivity index (χ4n) is 1.85. The van der Waals surface area contributed by atoms with E-state index in [9.17, 15) is 14.4 Å². The Morgan fingerprint density at radius 3 is 2.44 bits per heavy atom. The molecule has 0 aromatic heterocycles. The topological polar surface area (TPSA) is 93.7 Å². The molecular formula is C17H15BrN2O5. The molecule has 0 radical (unpaired) electrons. The number of anilines is 1. The Bertz CT molecular complexity index is 780. The number of para-hydroxylation sites is 1. The van der Waals surface area contributed by atoms with Crippen LogP contribution in [0, 0.1) is 0 Å². The number of amides is 3. The van der Waals surface area contributed by atoms with Gasteiger partial charge in [0.15, 0.2) is 6.61 Å². The fourth-order valence-corrected chi connectivity index (χ4v) is 2.35. The summed E-state index contributed by atoms with van der Waals surface area (Å²) in [7, 11) is 1.28. The van der Waals surface area contributed by atoms with Crippen LogP contribution in [0.4, 0.5) is 10.5 Å². The highest BCUT2D eigenvalue weighted by Crippen LogP contribution is 2.26. The molecule has 0 heterocycles. The maximum atomic E-state index is 11.8. The van der Waals surface area contributed by atoms with E-state index in [1.165, 1.54) is 25.3 Å². The van der Waals surface area contributed by atoms with Crippen molar-refractivity contribution in [1.29, 1.82) is 0 Å². The van der Waals surface area contributed by atoms with Gasteiger partial charge in [0.25, 0.3) is 5.91 Å². The third-order valence-electron chi connectivity index (χ3n) is 3.00. The molecule has 0 saturated carbocycles. The average molecular weight is 407 g/mol. The minimum absolute atomic E-state index is 0.341. The molecule has 0 unspecified atom stereocenters. The summed E-state index contributed by atoms with van der Waals surface area (Å²) < 4.78 is 10.4. The lowest BCUT2D eigenvalue weighted by Crippen LogP contribution is -2.37. The largest absolute Gasteiger partial charge is 0.483 e. The molecule has 3 amide bonds. The van der Waals surface area contributed by atoms with E-state index < -0.39 is 17.9 Å². The van der Waals surface area contributed by atoms with Gasteiger partial charge in [-0.05, 0) is 46.3 Å². The van der Waals surface area contributed by atoms with Gasteiger partial charge in [0.2, 0.25) is 0 Å². The van der Waals surface area contributed by atoms with Crippen molar-refractivity contribution in [2.75, 3.05) is 19.0 Å². The van der Waals surface area contributed by atoms with E-state index in [0.717, 1.165) is 0 Å². The first-order chi connectivity index (χ1) is 12.0. The summed E-state index contributed by atoms with van der Waals surface area (Å²) in [6, 6.07) is 12.6. The smallest absolute Gasteiger partial charge is 0.337 e. The predicted octanol–water partition coefficient (Wildman–Crippen LogP) is 2.96. The van der Waals surface area contributed by atoms with E-state index in [2.05, 4.69) is 31.3 Å². The van der Waals surface area contributed by atoms with Crippen LogP contribution in [0.3, 0.4) is 0 Å². The molecule has 0 bridgehead atoms. The normalized spacial score (nSPS) is 9.84. The summed E-state index contributed by atoms with van der Waals surface area (Å²) in [4.78, 5) is 34.9. The lowest BCUT2D eigenvalue weighted by molar-refractivity contribution is -0.121. The monoisotopic (exact) mass is 406 g/mol. The maximum Gasteiger partial charge on any atom is 0.337 e. The Balaban J connectivity index is 1.85. The number of urea groups is 1. The van der Waals surface area contributed by atoms with E-state index in [1.807, 2.05) is 6.07 Å². The van der Waals surface area contributed by atoms with Crippen molar-refractivity contribution in [3.8, 4) is 5.75 Å². The van der Waals surface area contributed by atoms with Crippen LogP contribution in [-0.2, 0) is 9.53 Å². The van der Waals surface area contributed by atoms with Crippen molar-refractivity contribution in [2.24, 2.45) is 0 Å². The number of hydrogen-bond acceptors (Lipinski definition) is 5. The summed E-state index contributed by atoms with van der Waals surface area (Å²) >= 11 is 3.25. The lowest BCUT2D eigenvalue weighted by atomic mass is 10.2. The molecule has 2 N–H and O–H groups in total. The fraction of sp³-hybridized carbons (Fsp3) is 0.118. The molecule has 0 spiro atoms. The van der Waals surface area contributed by atoms with Gasteiger partial charge in [0.05, 0.1) is 17.1 Å². The maximum absolute atomic E-state index is 11.8. The predicted molar refractivity (Wildman–Crippen MR) is 94.6 cm³/mol. The van der Waals surface area contributed by atoms with Gasteiger partial charge in [-0.15, -0.1) is 0 Å². The van der Waals surface area contributed by atoms with Gasteiger partial charge in [-0.3, -0.25) is 10.1 Å². The summed E-state index contributed by atoms with van der Waals surface area (Å²) in [5.74, 6) is -0.744. The molecule has 0 aliphatic heterocycles. The number of nitrogens with one attached hydrogen (secondary N) is 2. The van der Waals surface area contributed by atoms with E-state index in [0.29, 0.717) is 21.5 Å². The van der Waals surface area contributed by atoms with Gasteiger partial charge in [-0.2, -0.15) is 0 Å². The number of rotatable bonds is 5. The molecule has 2 rings (SSSR count). The summed E-state index contributed by atoms with van der Waals surface area (Å²) in [5, 5.41) is 4.68. The van der Waals surface area contributed by atoms with Gasteiger partial charge in [-0.1, -0.05) is 18.2 Å². The van der Waals surface area contributed by atoms with E-state index in [-0.39, 0.29) is 6.61 Å². The second-order valence-corrected chi connectivity index (χ2v) is 5.65. The molecule has 2 aromatic rings. The molecule has 7 nitrogen and oxygen atoms in total. The first-order valence-electron chi connectivity index (χ1n) is 7.16. The van der Waals surface area contributed by atoms with Crippen molar-refractivity contribution in [1.82, 2.24) is 5.32 Å². The van der Waals surface area contributed by atoms with Crippen molar-refractivity contribution >= 4 is 39.5 Å². The molecule has 25 heavy (non-hydrogen) atoms. The first-order valence-corrected chi connectivity index (χ1v) is 7.95. The third-order valence-corrected chi connectivity index (χ3v) is 3.62. The minimum Gasteiger partial charge on any atom is -0.483 e. The third kappa shape index (κ3) is 5.61. The second-order valence-electron chi connectivity index (χ2n) is 4.79. The van der Waals surface area contributed by atoms with Gasteiger partial charge >= 0.3 is 12.0 Å². The van der Waals surface area contributed by atoms with Crippen molar-refractivity contribution in [2.45, 2.75) is 0 Å². The van der Waals surface area contributed by atoms with Crippen LogP contribution in [0.5, 0.6) is 5.75 Å². The molecule has 0 saturated heterocycles. The lowest BCUT2D eigenvalue weighted by Gasteiger charge is -2.10. The molecule has 0 fully saturated rings. The zero-order valence-electron chi connectivity index (χ0n) is 13.2. The number of esters is 1. The number of ether oxygens (including phenoxy) is 2. The SMILES string of the molecule is COC(=O)c1ccc(OCC(=O)NC(=O)Nc2ccccc2)c(Br)c1. The van der Waals surface area contributed by atoms with Crippen LogP contribution in [0.15, 0.2) is 53.0 Å². The highest BCUT2D eigenvalue weighted by Gasteiger charge is 2.12. The van der Waals surface area contributed by atoms with Crippen molar-refractivity contribution in [3.63, 3.8) is 0 Å². The number of methoxy groups -OCH3 is 1. The van der Waals surface area contributed by atoms with Crippen LogP contribution in [0.1, 0.15) is 10.4 Å². The van der Waals surface area contributed by atoms with Crippen LogP contribution < -0.4 is 15.4 Å². The first kappa shape index (κ1) is 18.5. The number of carbonyl (C=O) groups is 3. The Labute approximate surface area is 152 Å². The number of halogens is 1. The van der Waals surface area contributed by atoms with Crippen LogP contribution in [0.25, 0.3) is 0 Å². The molecule has 0 aliphatic rings. The Kier molecular flexibility index (Phi) is 6.53. The van der Waals surface area contributed by atoms with E-state index >= 15 is 0 Å². The second kappa shape index (κ2) is 8.84. The van der Waals surface area contributed by atoms with Crippen molar-refractivity contribution < 1.29 is 23.9 Å². The molecule has 0 atom stereocenters. The van der Waals surface area contributed by atoms with E-state index in [4.69, 9.17) is 4.74 Å². The van der Waals surface area contributed by atoms with Gasteiger partial charge < -0.3 is 14.8 Å². The number of hydrogen-bond donors (Lipinski definition) is 2. The molecule has 2 aromatic carbocycles. The highest BCUT2D eigenvalue weighted by molar-refractivity contribution is 9.10. The zero-order chi connectivity index (χ0) is 18.2. The molecule has 8 heteroatoms. The summed E-state index contributed by atoms with van der Waals surface area (Å²) in [6.07, 6.45) is 0. The molecular weight excluding hydrogens is 392 g/mol. The Hall–Kier alpha value is -2.87. The number of benzene rings is 2. The number of imide groups is 1.